The Bertz CT molecular complexity index is 1550. The lowest BCUT2D eigenvalue weighted by Gasteiger charge is -2.13. The molecule has 0 aliphatic rings. The smallest absolute Gasteiger partial charge is 0.267 e. The summed E-state index contributed by atoms with van der Waals surface area (Å²) in [5, 5.41) is 12.6. The first-order valence-corrected chi connectivity index (χ1v) is 11.5. The Morgan fingerprint density at radius 2 is 1.76 bits per heavy atom. The SMILES string of the molecule is C[C@H](Sc1nnc2n(-c3ccccc3)c(=O)c3ccccc3n12)C(=O)Nc1cccc(Cl)c1. The topological polar surface area (TPSA) is 81.3 Å². The predicted octanol–water partition coefficient (Wildman–Crippen LogP) is 4.81. The van der Waals surface area contributed by atoms with Crippen LogP contribution in [0.15, 0.2) is 88.8 Å². The molecule has 1 atom stereocenters. The van der Waals surface area contributed by atoms with E-state index in [1.54, 1.807) is 37.3 Å². The lowest BCUT2D eigenvalue weighted by atomic mass is 10.2. The number of benzene rings is 3. The van der Waals surface area contributed by atoms with Crippen LogP contribution in [0.5, 0.6) is 0 Å². The monoisotopic (exact) mass is 475 g/mol. The minimum Gasteiger partial charge on any atom is -0.325 e. The molecule has 2 aromatic heterocycles. The van der Waals surface area contributed by atoms with Gasteiger partial charge in [0.1, 0.15) is 0 Å². The van der Waals surface area contributed by atoms with Gasteiger partial charge in [-0.1, -0.05) is 59.8 Å². The fourth-order valence-electron chi connectivity index (χ4n) is 3.59. The number of aromatic nitrogens is 4. The zero-order chi connectivity index (χ0) is 22.9. The largest absolute Gasteiger partial charge is 0.325 e. The molecule has 0 saturated carbocycles. The Hall–Kier alpha value is -3.62. The van der Waals surface area contributed by atoms with Gasteiger partial charge in [0.2, 0.25) is 11.7 Å². The molecule has 2 heterocycles. The number of para-hydroxylation sites is 2. The highest BCUT2D eigenvalue weighted by atomic mass is 35.5. The standard InChI is InChI=1S/C24H18ClN5O2S/c1-15(21(31)26-17-9-7-8-16(25)14-17)33-24-28-27-23-29(18-10-3-2-4-11-18)22(32)19-12-5-6-13-20(19)30(23)24/h2-15H,1H3,(H,26,31)/t15-/m0/s1. The van der Waals surface area contributed by atoms with Crippen LogP contribution in [0.4, 0.5) is 5.69 Å². The summed E-state index contributed by atoms with van der Waals surface area (Å²) in [6.45, 7) is 1.79. The number of carbonyl (C=O) groups is 1. The van der Waals surface area contributed by atoms with Crippen LogP contribution in [-0.4, -0.2) is 30.3 Å². The van der Waals surface area contributed by atoms with E-state index in [-0.39, 0.29) is 11.5 Å². The molecule has 0 aliphatic carbocycles. The number of amides is 1. The first kappa shape index (κ1) is 21.2. The summed E-state index contributed by atoms with van der Waals surface area (Å²) >= 11 is 7.28. The van der Waals surface area contributed by atoms with Gasteiger partial charge in [0.05, 0.1) is 21.8 Å². The van der Waals surface area contributed by atoms with E-state index in [9.17, 15) is 9.59 Å². The van der Waals surface area contributed by atoms with Crippen molar-refractivity contribution in [3.63, 3.8) is 0 Å². The molecule has 0 unspecified atom stereocenters. The summed E-state index contributed by atoms with van der Waals surface area (Å²) < 4.78 is 3.35. The molecule has 9 heteroatoms. The number of hydrogen-bond donors (Lipinski definition) is 1. The summed E-state index contributed by atoms with van der Waals surface area (Å²) in [7, 11) is 0. The highest BCUT2D eigenvalue weighted by Gasteiger charge is 2.22. The van der Waals surface area contributed by atoms with Gasteiger partial charge in [-0.15, -0.1) is 10.2 Å². The Morgan fingerprint density at radius 1 is 1.00 bits per heavy atom. The molecule has 1 N–H and O–H groups in total. The van der Waals surface area contributed by atoms with Crippen LogP contribution in [0.1, 0.15) is 6.92 Å². The number of anilines is 1. The van der Waals surface area contributed by atoms with Crippen molar-refractivity contribution in [3.8, 4) is 5.69 Å². The molecule has 0 spiro atoms. The van der Waals surface area contributed by atoms with E-state index >= 15 is 0 Å². The van der Waals surface area contributed by atoms with Crippen molar-refractivity contribution in [2.24, 2.45) is 0 Å². The number of hydrogen-bond acceptors (Lipinski definition) is 5. The third kappa shape index (κ3) is 3.99. The third-order valence-electron chi connectivity index (χ3n) is 5.15. The van der Waals surface area contributed by atoms with Gasteiger partial charge in [0, 0.05) is 10.7 Å². The number of carbonyl (C=O) groups excluding carboxylic acids is 1. The molecule has 0 fully saturated rings. The summed E-state index contributed by atoms with van der Waals surface area (Å²) in [5.74, 6) is 0.189. The quantitative estimate of drug-likeness (QED) is 0.369. The van der Waals surface area contributed by atoms with E-state index in [4.69, 9.17) is 11.6 Å². The second kappa shape index (κ2) is 8.73. The molecule has 33 heavy (non-hydrogen) atoms. The molecular weight excluding hydrogens is 458 g/mol. The molecule has 0 aliphatic heterocycles. The normalized spacial score (nSPS) is 12.2. The van der Waals surface area contributed by atoms with Gasteiger partial charge in [-0.2, -0.15) is 0 Å². The van der Waals surface area contributed by atoms with E-state index in [2.05, 4.69) is 15.5 Å². The second-order valence-electron chi connectivity index (χ2n) is 7.37. The van der Waals surface area contributed by atoms with Gasteiger partial charge in [-0.3, -0.25) is 14.0 Å². The Labute approximate surface area is 198 Å². The third-order valence-corrected chi connectivity index (χ3v) is 6.43. The molecule has 0 saturated heterocycles. The number of rotatable bonds is 5. The van der Waals surface area contributed by atoms with Crippen LogP contribution in [0, 0.1) is 0 Å². The van der Waals surface area contributed by atoms with Gasteiger partial charge in [0.15, 0.2) is 5.16 Å². The van der Waals surface area contributed by atoms with E-state index in [1.807, 2.05) is 52.9 Å². The maximum absolute atomic E-state index is 13.3. The van der Waals surface area contributed by atoms with E-state index < -0.39 is 5.25 Å². The summed E-state index contributed by atoms with van der Waals surface area (Å²) in [4.78, 5) is 26.1. The zero-order valence-corrected chi connectivity index (χ0v) is 19.0. The minimum absolute atomic E-state index is 0.181. The second-order valence-corrected chi connectivity index (χ2v) is 9.12. The van der Waals surface area contributed by atoms with Crippen molar-refractivity contribution in [2.45, 2.75) is 17.3 Å². The van der Waals surface area contributed by atoms with Crippen molar-refractivity contribution in [1.82, 2.24) is 19.2 Å². The highest BCUT2D eigenvalue weighted by molar-refractivity contribution is 8.00. The molecule has 5 rings (SSSR count). The number of nitrogens with zero attached hydrogens (tertiary/aromatic N) is 4. The van der Waals surface area contributed by atoms with Crippen molar-refractivity contribution in [3.05, 3.63) is 94.2 Å². The first-order valence-electron chi connectivity index (χ1n) is 10.2. The van der Waals surface area contributed by atoms with Gasteiger partial charge >= 0.3 is 0 Å². The number of nitrogens with one attached hydrogen (secondary N) is 1. The Kier molecular flexibility index (Phi) is 5.62. The van der Waals surface area contributed by atoms with E-state index in [0.29, 0.717) is 38.2 Å². The lowest BCUT2D eigenvalue weighted by Crippen LogP contribution is -2.23. The summed E-state index contributed by atoms with van der Waals surface area (Å²) in [5.41, 5.74) is 1.81. The lowest BCUT2D eigenvalue weighted by molar-refractivity contribution is -0.115. The fraction of sp³-hybridized carbons (Fsp3) is 0.0833. The van der Waals surface area contributed by atoms with Crippen molar-refractivity contribution >= 4 is 51.6 Å². The van der Waals surface area contributed by atoms with Crippen molar-refractivity contribution in [1.29, 1.82) is 0 Å². The molecule has 7 nitrogen and oxygen atoms in total. The molecule has 0 bridgehead atoms. The van der Waals surface area contributed by atoms with Gasteiger partial charge in [0.25, 0.3) is 5.56 Å². The maximum Gasteiger partial charge on any atom is 0.267 e. The van der Waals surface area contributed by atoms with E-state index in [0.717, 1.165) is 0 Å². The number of thioether (sulfide) groups is 1. The van der Waals surface area contributed by atoms with Crippen LogP contribution in [0.25, 0.3) is 22.4 Å². The summed E-state index contributed by atoms with van der Waals surface area (Å²) in [6.07, 6.45) is 0. The van der Waals surface area contributed by atoms with Gasteiger partial charge in [-0.05, 0) is 49.4 Å². The minimum atomic E-state index is -0.479. The molecule has 164 valence electrons. The van der Waals surface area contributed by atoms with Gasteiger partial charge < -0.3 is 5.32 Å². The van der Waals surface area contributed by atoms with Crippen LogP contribution >= 0.6 is 23.4 Å². The average Bonchev–Trinajstić information content (AvgIpc) is 3.23. The van der Waals surface area contributed by atoms with E-state index in [1.165, 1.54) is 16.3 Å². The first-order chi connectivity index (χ1) is 16.0. The van der Waals surface area contributed by atoms with Crippen LogP contribution in [0.2, 0.25) is 5.02 Å². The van der Waals surface area contributed by atoms with Crippen molar-refractivity contribution < 1.29 is 4.79 Å². The van der Waals surface area contributed by atoms with Crippen LogP contribution in [-0.2, 0) is 4.79 Å². The predicted molar refractivity (Wildman–Crippen MR) is 131 cm³/mol. The average molecular weight is 476 g/mol. The summed E-state index contributed by atoms with van der Waals surface area (Å²) in [6, 6.07) is 23.6. The highest BCUT2D eigenvalue weighted by Crippen LogP contribution is 2.27. The zero-order valence-electron chi connectivity index (χ0n) is 17.5. The van der Waals surface area contributed by atoms with Gasteiger partial charge in [-0.25, -0.2) is 4.57 Å². The van der Waals surface area contributed by atoms with Crippen molar-refractivity contribution in [2.75, 3.05) is 5.32 Å². The molecule has 1 amide bonds. The van der Waals surface area contributed by atoms with Crippen LogP contribution in [0.3, 0.4) is 0 Å². The maximum atomic E-state index is 13.3. The molecule has 5 aromatic rings. The Balaban J connectivity index is 1.58. The molecular formula is C24H18ClN5O2S. The molecule has 0 radical (unpaired) electrons. The van der Waals surface area contributed by atoms with Crippen LogP contribution < -0.4 is 10.9 Å². The fourth-order valence-corrected chi connectivity index (χ4v) is 4.63. The molecule has 3 aromatic carbocycles. The Morgan fingerprint density at radius 3 is 2.55 bits per heavy atom. The number of halogens is 1. The number of fused-ring (bicyclic) bond motifs is 3.